The second-order valence-electron chi connectivity index (χ2n) is 5.30. The summed E-state index contributed by atoms with van der Waals surface area (Å²) in [6.45, 7) is 8.16. The van der Waals surface area contributed by atoms with Gasteiger partial charge in [-0.05, 0) is 18.3 Å². The van der Waals surface area contributed by atoms with E-state index in [0.29, 0.717) is 11.5 Å². The maximum absolute atomic E-state index is 3.73. The van der Waals surface area contributed by atoms with Gasteiger partial charge in [-0.2, -0.15) is 0 Å². The van der Waals surface area contributed by atoms with Crippen molar-refractivity contribution in [1.82, 2.24) is 10.6 Å². The molecule has 0 saturated carbocycles. The number of nitrogens with one attached hydrogen (secondary N) is 2. The molecule has 3 aliphatic heterocycles. The molecule has 0 aromatic rings. The first-order valence-electron chi connectivity index (χ1n) is 5.07. The van der Waals surface area contributed by atoms with E-state index < -0.39 is 0 Å². The summed E-state index contributed by atoms with van der Waals surface area (Å²) in [4.78, 5) is 0. The number of rotatable bonds is 0. The number of hydrogen-bond acceptors (Lipinski definition) is 2. The lowest BCUT2D eigenvalue weighted by atomic mass is 9.75. The van der Waals surface area contributed by atoms with Gasteiger partial charge in [0.25, 0.3) is 0 Å². The Balaban J connectivity index is 2.09. The molecule has 3 aliphatic rings. The van der Waals surface area contributed by atoms with Crippen molar-refractivity contribution in [3.8, 4) is 0 Å². The molecule has 3 saturated heterocycles. The quantitative estimate of drug-likeness (QED) is 0.566. The van der Waals surface area contributed by atoms with E-state index in [4.69, 9.17) is 0 Å². The Kier molecular flexibility index (Phi) is 1.92. The zero-order valence-electron chi connectivity index (χ0n) is 8.35. The lowest BCUT2D eigenvalue weighted by Gasteiger charge is -2.49. The zero-order valence-corrected chi connectivity index (χ0v) is 8.35. The Morgan fingerprint density at radius 3 is 2.17 bits per heavy atom. The van der Waals surface area contributed by atoms with Gasteiger partial charge in [0, 0.05) is 24.7 Å². The fourth-order valence-electron chi connectivity index (χ4n) is 2.53. The van der Waals surface area contributed by atoms with Crippen molar-refractivity contribution in [3.63, 3.8) is 0 Å². The predicted molar refractivity (Wildman–Crippen MR) is 51.2 cm³/mol. The van der Waals surface area contributed by atoms with E-state index in [2.05, 4.69) is 31.4 Å². The summed E-state index contributed by atoms with van der Waals surface area (Å²) in [5.74, 6) is 0. The van der Waals surface area contributed by atoms with Crippen molar-refractivity contribution in [1.29, 1.82) is 0 Å². The van der Waals surface area contributed by atoms with Crippen LogP contribution in [0.5, 0.6) is 0 Å². The first kappa shape index (κ1) is 8.52. The van der Waals surface area contributed by atoms with Gasteiger partial charge in [-0.3, -0.25) is 0 Å². The molecule has 0 radical (unpaired) electrons. The van der Waals surface area contributed by atoms with Gasteiger partial charge in [0.15, 0.2) is 0 Å². The van der Waals surface area contributed by atoms with Crippen LogP contribution >= 0.6 is 0 Å². The molecule has 0 aliphatic carbocycles. The fourth-order valence-corrected chi connectivity index (χ4v) is 2.53. The van der Waals surface area contributed by atoms with E-state index in [1.54, 1.807) is 0 Å². The van der Waals surface area contributed by atoms with Crippen LogP contribution in [0.25, 0.3) is 0 Å². The Labute approximate surface area is 75.1 Å². The normalized spacial score (nSPS) is 41.8. The van der Waals surface area contributed by atoms with Gasteiger partial charge in [-0.25, -0.2) is 0 Å². The first-order chi connectivity index (χ1) is 5.57. The number of piperidine rings is 2. The topological polar surface area (TPSA) is 24.1 Å². The minimum absolute atomic E-state index is 0.400. The third-order valence-electron chi connectivity index (χ3n) is 3.20. The average molecular weight is 168 g/mol. The monoisotopic (exact) mass is 168 g/mol. The van der Waals surface area contributed by atoms with Gasteiger partial charge in [0.2, 0.25) is 0 Å². The molecule has 2 bridgehead atoms. The summed E-state index contributed by atoms with van der Waals surface area (Å²) in [6, 6.07) is 2.12. The first-order valence-corrected chi connectivity index (χ1v) is 5.07. The van der Waals surface area contributed by atoms with Gasteiger partial charge in [0.05, 0.1) is 0 Å². The standard InChI is InChI=1S/C10H20N2/c1-10(2,3)9-8-5-4-7(12-9)6-11-8/h7-9,11-12H,4-6H2,1-3H3. The molecule has 0 aromatic carbocycles. The van der Waals surface area contributed by atoms with Crippen LogP contribution in [-0.2, 0) is 0 Å². The van der Waals surface area contributed by atoms with Gasteiger partial charge in [-0.15, -0.1) is 0 Å². The van der Waals surface area contributed by atoms with Gasteiger partial charge in [-0.1, -0.05) is 20.8 Å². The van der Waals surface area contributed by atoms with E-state index in [9.17, 15) is 0 Å². The molecule has 3 heterocycles. The molecule has 2 heteroatoms. The second-order valence-corrected chi connectivity index (χ2v) is 5.30. The molecule has 2 N–H and O–H groups in total. The minimum Gasteiger partial charge on any atom is -0.311 e. The van der Waals surface area contributed by atoms with Crippen LogP contribution in [0.2, 0.25) is 0 Å². The van der Waals surface area contributed by atoms with Crippen LogP contribution in [0.1, 0.15) is 33.6 Å². The van der Waals surface area contributed by atoms with E-state index >= 15 is 0 Å². The summed E-state index contributed by atoms with van der Waals surface area (Å²) in [5.41, 5.74) is 0.400. The smallest absolute Gasteiger partial charge is 0.0272 e. The fraction of sp³-hybridized carbons (Fsp3) is 1.00. The average Bonchev–Trinajstić information content (AvgIpc) is 2.05. The maximum atomic E-state index is 3.73. The zero-order chi connectivity index (χ0) is 8.77. The molecule has 3 fully saturated rings. The van der Waals surface area contributed by atoms with E-state index in [0.717, 1.165) is 12.1 Å². The molecule has 0 spiro atoms. The molecule has 3 rings (SSSR count). The summed E-state index contributed by atoms with van der Waals surface area (Å²) in [7, 11) is 0. The van der Waals surface area contributed by atoms with Crippen LogP contribution in [0.4, 0.5) is 0 Å². The van der Waals surface area contributed by atoms with E-state index in [1.165, 1.54) is 19.4 Å². The largest absolute Gasteiger partial charge is 0.311 e. The van der Waals surface area contributed by atoms with Crippen LogP contribution in [-0.4, -0.2) is 24.7 Å². The highest BCUT2D eigenvalue weighted by Gasteiger charge is 2.40. The molecule has 0 amide bonds. The van der Waals surface area contributed by atoms with Crippen molar-refractivity contribution >= 4 is 0 Å². The lowest BCUT2D eigenvalue weighted by Crippen LogP contribution is -2.68. The van der Waals surface area contributed by atoms with Crippen LogP contribution in [0, 0.1) is 5.41 Å². The van der Waals surface area contributed by atoms with E-state index in [-0.39, 0.29) is 0 Å². The Morgan fingerprint density at radius 2 is 1.92 bits per heavy atom. The highest BCUT2D eigenvalue weighted by molar-refractivity contribution is 5.01. The third-order valence-corrected chi connectivity index (χ3v) is 3.20. The second kappa shape index (κ2) is 2.71. The predicted octanol–water partition coefficient (Wildman–Crippen LogP) is 1.12. The molecule has 70 valence electrons. The summed E-state index contributed by atoms with van der Waals surface area (Å²) >= 11 is 0. The van der Waals surface area contributed by atoms with Crippen LogP contribution in [0.15, 0.2) is 0 Å². The molecule has 3 unspecified atom stereocenters. The summed E-state index contributed by atoms with van der Waals surface area (Å²) < 4.78 is 0. The van der Waals surface area contributed by atoms with Crippen molar-refractivity contribution in [2.75, 3.05) is 6.54 Å². The Bertz CT molecular complexity index is 163. The van der Waals surface area contributed by atoms with Crippen molar-refractivity contribution in [2.45, 2.75) is 51.7 Å². The maximum Gasteiger partial charge on any atom is 0.0272 e. The van der Waals surface area contributed by atoms with Gasteiger partial charge in [0.1, 0.15) is 0 Å². The number of hydrogen-bond donors (Lipinski definition) is 2. The number of fused-ring (bicyclic) bond motifs is 3. The van der Waals surface area contributed by atoms with Crippen molar-refractivity contribution in [2.24, 2.45) is 5.41 Å². The van der Waals surface area contributed by atoms with Crippen molar-refractivity contribution < 1.29 is 0 Å². The van der Waals surface area contributed by atoms with Crippen LogP contribution in [0.3, 0.4) is 0 Å². The van der Waals surface area contributed by atoms with Gasteiger partial charge >= 0.3 is 0 Å². The number of piperazine rings is 1. The molecular weight excluding hydrogens is 148 g/mol. The summed E-state index contributed by atoms with van der Waals surface area (Å²) in [6.07, 6.45) is 2.73. The highest BCUT2D eigenvalue weighted by atomic mass is 15.1. The highest BCUT2D eigenvalue weighted by Crippen LogP contribution is 2.30. The van der Waals surface area contributed by atoms with Gasteiger partial charge < -0.3 is 10.6 Å². The minimum atomic E-state index is 0.400. The lowest BCUT2D eigenvalue weighted by molar-refractivity contribution is 0.107. The van der Waals surface area contributed by atoms with E-state index in [1.807, 2.05) is 0 Å². The Hall–Kier alpha value is -0.0800. The molecule has 0 aromatic heterocycles. The van der Waals surface area contributed by atoms with Crippen LogP contribution < -0.4 is 10.6 Å². The molecular formula is C10H20N2. The Morgan fingerprint density at radius 1 is 1.17 bits per heavy atom. The molecule has 12 heavy (non-hydrogen) atoms. The summed E-state index contributed by atoms with van der Waals surface area (Å²) in [5, 5.41) is 7.34. The molecule has 2 nitrogen and oxygen atoms in total. The third kappa shape index (κ3) is 1.38. The van der Waals surface area contributed by atoms with Crippen molar-refractivity contribution in [3.05, 3.63) is 0 Å². The SMILES string of the molecule is CC(C)(C)C1NC2CCC1NC2. The molecule has 3 atom stereocenters.